The molecule has 0 aliphatic carbocycles. The van der Waals surface area contributed by atoms with Crippen molar-refractivity contribution in [3.8, 4) is 5.40 Å². The lowest BCUT2D eigenvalue weighted by atomic mass is 10.2. The summed E-state index contributed by atoms with van der Waals surface area (Å²) in [4.78, 5) is 0. The van der Waals surface area contributed by atoms with Crippen molar-refractivity contribution in [1.82, 2.24) is 10.2 Å². The molecular formula is C9H5N3S. The number of thiocyanates is 1. The highest BCUT2D eigenvalue weighted by Gasteiger charge is 2.01. The third-order valence-corrected chi connectivity index (χ3v) is 2.27. The Hall–Kier alpha value is -1.60. The minimum atomic E-state index is 0.667. The summed E-state index contributed by atoms with van der Waals surface area (Å²) < 4.78 is 0. The lowest BCUT2D eigenvalue weighted by molar-refractivity contribution is 0.958. The first kappa shape index (κ1) is 8.02. The topological polar surface area (TPSA) is 49.6 Å². The fourth-order valence-electron chi connectivity index (χ4n) is 1.12. The van der Waals surface area contributed by atoms with Crippen LogP contribution in [0.25, 0.3) is 10.8 Å². The molecule has 0 saturated carbocycles. The van der Waals surface area contributed by atoms with Crippen LogP contribution in [-0.4, -0.2) is 10.2 Å². The Bertz CT molecular complexity index is 470. The molecule has 1 heterocycles. The van der Waals surface area contributed by atoms with Gasteiger partial charge in [0.25, 0.3) is 0 Å². The zero-order chi connectivity index (χ0) is 9.10. The van der Waals surface area contributed by atoms with Crippen LogP contribution >= 0.6 is 11.8 Å². The summed E-state index contributed by atoms with van der Waals surface area (Å²) in [5.74, 6) is 0. The monoisotopic (exact) mass is 187 g/mol. The van der Waals surface area contributed by atoms with Crippen molar-refractivity contribution in [1.29, 1.82) is 5.26 Å². The van der Waals surface area contributed by atoms with Crippen molar-refractivity contribution in [3.63, 3.8) is 0 Å². The van der Waals surface area contributed by atoms with E-state index in [9.17, 15) is 0 Å². The molecule has 2 rings (SSSR count). The molecule has 13 heavy (non-hydrogen) atoms. The molecule has 1 aromatic heterocycles. The molecule has 0 radical (unpaired) electrons. The van der Waals surface area contributed by atoms with Crippen molar-refractivity contribution < 1.29 is 0 Å². The molecule has 3 nitrogen and oxygen atoms in total. The van der Waals surface area contributed by atoms with Crippen LogP contribution in [0.2, 0.25) is 0 Å². The quantitative estimate of drug-likeness (QED) is 0.507. The number of thioether (sulfide) groups is 1. The highest BCUT2D eigenvalue weighted by molar-refractivity contribution is 8.03. The zero-order valence-corrected chi connectivity index (χ0v) is 7.45. The van der Waals surface area contributed by atoms with Gasteiger partial charge < -0.3 is 0 Å². The molecule has 0 fully saturated rings. The summed E-state index contributed by atoms with van der Waals surface area (Å²) in [5.41, 5.74) is 0. The van der Waals surface area contributed by atoms with E-state index in [1.807, 2.05) is 29.7 Å². The molecular weight excluding hydrogens is 182 g/mol. The van der Waals surface area contributed by atoms with Crippen LogP contribution in [0.3, 0.4) is 0 Å². The number of fused-ring (bicyclic) bond motifs is 1. The van der Waals surface area contributed by atoms with Crippen molar-refractivity contribution in [2.75, 3.05) is 0 Å². The smallest absolute Gasteiger partial charge is 0.141 e. The lowest BCUT2D eigenvalue weighted by Crippen LogP contribution is -1.85. The minimum Gasteiger partial charge on any atom is -0.185 e. The Morgan fingerprint density at radius 1 is 1.31 bits per heavy atom. The highest BCUT2D eigenvalue weighted by atomic mass is 32.2. The molecule has 62 valence electrons. The van der Waals surface area contributed by atoms with Crippen LogP contribution in [0.5, 0.6) is 0 Å². The molecule has 0 N–H and O–H groups in total. The van der Waals surface area contributed by atoms with Crippen molar-refractivity contribution in [3.05, 3.63) is 30.5 Å². The number of aromatic nitrogens is 2. The van der Waals surface area contributed by atoms with Gasteiger partial charge in [-0.25, -0.2) is 0 Å². The second-order valence-electron chi connectivity index (χ2n) is 2.43. The van der Waals surface area contributed by atoms with Crippen LogP contribution < -0.4 is 0 Å². The number of rotatable bonds is 1. The Labute approximate surface area is 79.4 Å². The molecule has 2 aromatic rings. The summed E-state index contributed by atoms with van der Waals surface area (Å²) in [5, 5.41) is 20.9. The number of hydrogen-bond donors (Lipinski definition) is 0. The molecule has 0 bridgehead atoms. The van der Waals surface area contributed by atoms with Crippen LogP contribution in [-0.2, 0) is 0 Å². The number of benzene rings is 1. The summed E-state index contributed by atoms with van der Waals surface area (Å²) >= 11 is 1.04. The van der Waals surface area contributed by atoms with Gasteiger partial charge in [-0.1, -0.05) is 24.3 Å². The molecule has 1 aromatic carbocycles. The molecule has 0 amide bonds. The summed E-state index contributed by atoms with van der Waals surface area (Å²) in [7, 11) is 0. The second kappa shape index (κ2) is 3.42. The first-order valence-corrected chi connectivity index (χ1v) is 4.50. The third-order valence-electron chi connectivity index (χ3n) is 1.68. The van der Waals surface area contributed by atoms with Gasteiger partial charge in [0.05, 0.1) is 6.20 Å². The Kier molecular flexibility index (Phi) is 2.11. The van der Waals surface area contributed by atoms with Crippen LogP contribution in [0.1, 0.15) is 0 Å². The zero-order valence-electron chi connectivity index (χ0n) is 6.64. The normalized spacial score (nSPS) is 9.77. The van der Waals surface area contributed by atoms with E-state index in [1.165, 1.54) is 0 Å². The van der Waals surface area contributed by atoms with E-state index < -0.39 is 0 Å². The van der Waals surface area contributed by atoms with Gasteiger partial charge >= 0.3 is 0 Å². The number of hydrogen-bond acceptors (Lipinski definition) is 4. The van der Waals surface area contributed by atoms with Crippen molar-refractivity contribution in [2.45, 2.75) is 5.03 Å². The van der Waals surface area contributed by atoms with E-state index in [2.05, 4.69) is 10.2 Å². The molecule has 0 aliphatic rings. The third kappa shape index (κ3) is 1.46. The van der Waals surface area contributed by atoms with Crippen LogP contribution in [0, 0.1) is 10.7 Å². The van der Waals surface area contributed by atoms with Crippen molar-refractivity contribution >= 4 is 22.5 Å². The van der Waals surface area contributed by atoms with Gasteiger partial charge in [-0.15, -0.1) is 5.10 Å². The maximum Gasteiger partial charge on any atom is 0.141 e. The molecule has 0 atom stereocenters. The fraction of sp³-hybridized carbons (Fsp3) is 0. The van der Waals surface area contributed by atoms with Gasteiger partial charge in [-0.2, -0.15) is 10.4 Å². The number of nitriles is 1. The average molecular weight is 187 g/mol. The molecule has 0 aliphatic heterocycles. The van der Waals surface area contributed by atoms with Gasteiger partial charge in [-0.05, 0) is 0 Å². The molecule has 0 saturated heterocycles. The first-order valence-electron chi connectivity index (χ1n) is 3.68. The number of nitrogens with zero attached hydrogens (tertiary/aromatic N) is 3. The molecule has 0 unspecified atom stereocenters. The predicted octanol–water partition coefficient (Wildman–Crippen LogP) is 2.20. The predicted molar refractivity (Wildman–Crippen MR) is 51.0 cm³/mol. The van der Waals surface area contributed by atoms with Gasteiger partial charge in [0.1, 0.15) is 10.4 Å². The SMILES string of the molecule is N#CSc1nncc2ccccc12. The van der Waals surface area contributed by atoms with Gasteiger partial charge in [-0.3, -0.25) is 0 Å². The second-order valence-corrected chi connectivity index (χ2v) is 3.20. The maximum absolute atomic E-state index is 8.52. The Morgan fingerprint density at radius 2 is 2.15 bits per heavy atom. The molecule has 4 heteroatoms. The largest absolute Gasteiger partial charge is 0.185 e. The van der Waals surface area contributed by atoms with Crippen LogP contribution in [0.15, 0.2) is 35.5 Å². The van der Waals surface area contributed by atoms with E-state index >= 15 is 0 Å². The highest BCUT2D eigenvalue weighted by Crippen LogP contribution is 2.23. The van der Waals surface area contributed by atoms with Gasteiger partial charge in [0.15, 0.2) is 0 Å². The minimum absolute atomic E-state index is 0.667. The van der Waals surface area contributed by atoms with Gasteiger partial charge in [0, 0.05) is 22.5 Å². The van der Waals surface area contributed by atoms with E-state index in [0.717, 1.165) is 22.5 Å². The van der Waals surface area contributed by atoms with E-state index in [4.69, 9.17) is 5.26 Å². The van der Waals surface area contributed by atoms with Gasteiger partial charge in [0.2, 0.25) is 0 Å². The summed E-state index contributed by atoms with van der Waals surface area (Å²) in [6.07, 6.45) is 1.69. The Morgan fingerprint density at radius 3 is 3.00 bits per heavy atom. The summed E-state index contributed by atoms with van der Waals surface area (Å²) in [6.45, 7) is 0. The first-order chi connectivity index (χ1) is 6.42. The van der Waals surface area contributed by atoms with E-state index in [-0.39, 0.29) is 0 Å². The maximum atomic E-state index is 8.52. The fourth-order valence-corrected chi connectivity index (χ4v) is 1.59. The Balaban J connectivity index is 2.70. The van der Waals surface area contributed by atoms with E-state index in [0.29, 0.717) is 5.03 Å². The molecule has 0 spiro atoms. The van der Waals surface area contributed by atoms with E-state index in [1.54, 1.807) is 6.20 Å². The standard InChI is InChI=1S/C9H5N3S/c10-6-13-9-8-4-2-1-3-7(8)5-11-12-9/h1-5H. The average Bonchev–Trinajstić information content (AvgIpc) is 2.19. The van der Waals surface area contributed by atoms with Crippen molar-refractivity contribution in [2.24, 2.45) is 0 Å². The summed E-state index contributed by atoms with van der Waals surface area (Å²) in [6, 6.07) is 7.74. The lowest BCUT2D eigenvalue weighted by Gasteiger charge is -1.97. The van der Waals surface area contributed by atoms with Crippen LogP contribution in [0.4, 0.5) is 0 Å².